The largest absolute Gasteiger partial charge is 0.508 e. The van der Waals surface area contributed by atoms with Gasteiger partial charge >= 0.3 is 0 Å². The molecule has 0 aromatic heterocycles. The maximum atomic E-state index is 9.32. The van der Waals surface area contributed by atoms with Gasteiger partial charge in [-0.3, -0.25) is 0 Å². The lowest BCUT2D eigenvalue weighted by molar-refractivity contribution is 0.254. The van der Waals surface area contributed by atoms with E-state index < -0.39 is 0 Å². The van der Waals surface area contributed by atoms with Crippen LogP contribution < -0.4 is 0 Å². The summed E-state index contributed by atoms with van der Waals surface area (Å²) in [5, 5.41) is 18.5. The zero-order valence-corrected chi connectivity index (χ0v) is 8.71. The number of rotatable bonds is 2. The molecule has 3 heteroatoms. The van der Waals surface area contributed by atoms with Gasteiger partial charge in [-0.1, -0.05) is 15.9 Å². The van der Waals surface area contributed by atoms with E-state index in [1.807, 2.05) is 6.07 Å². The van der Waals surface area contributed by atoms with Crippen LogP contribution in [0, 0.1) is 0 Å². The fourth-order valence-corrected chi connectivity index (χ4v) is 2.25. The monoisotopic (exact) mass is 242 g/mol. The molecule has 0 saturated heterocycles. The maximum Gasteiger partial charge on any atom is 0.115 e. The Morgan fingerprint density at radius 1 is 1.38 bits per heavy atom. The summed E-state index contributed by atoms with van der Waals surface area (Å²) in [5.41, 5.74) is 0.937. The van der Waals surface area contributed by atoms with Crippen molar-refractivity contribution in [3.8, 4) is 5.75 Å². The average molecular weight is 243 g/mol. The van der Waals surface area contributed by atoms with E-state index >= 15 is 0 Å². The third-order valence-electron chi connectivity index (χ3n) is 2.68. The van der Waals surface area contributed by atoms with Crippen LogP contribution in [-0.4, -0.2) is 16.8 Å². The minimum Gasteiger partial charge on any atom is -0.508 e. The molecule has 1 aromatic carbocycles. The van der Waals surface area contributed by atoms with E-state index in [4.69, 9.17) is 0 Å². The SMILES string of the molecule is OCC1(c2cc(O)ccc2Br)CC1. The maximum absolute atomic E-state index is 9.32. The Morgan fingerprint density at radius 3 is 2.62 bits per heavy atom. The molecule has 1 aliphatic rings. The second-order valence-corrected chi connectivity index (χ2v) is 4.46. The van der Waals surface area contributed by atoms with Crippen molar-refractivity contribution in [3.63, 3.8) is 0 Å². The van der Waals surface area contributed by atoms with Gasteiger partial charge < -0.3 is 10.2 Å². The van der Waals surface area contributed by atoms with Crippen molar-refractivity contribution in [1.82, 2.24) is 0 Å². The van der Waals surface area contributed by atoms with Crippen LogP contribution in [0.15, 0.2) is 22.7 Å². The van der Waals surface area contributed by atoms with E-state index in [9.17, 15) is 10.2 Å². The molecular weight excluding hydrogens is 232 g/mol. The molecule has 13 heavy (non-hydrogen) atoms. The van der Waals surface area contributed by atoms with Gasteiger partial charge in [0.2, 0.25) is 0 Å². The molecule has 0 radical (unpaired) electrons. The predicted molar refractivity (Wildman–Crippen MR) is 53.8 cm³/mol. The Labute approximate surface area is 85.3 Å². The summed E-state index contributed by atoms with van der Waals surface area (Å²) in [4.78, 5) is 0. The summed E-state index contributed by atoms with van der Waals surface area (Å²) in [6, 6.07) is 5.19. The van der Waals surface area contributed by atoms with Gasteiger partial charge in [-0.05, 0) is 36.6 Å². The summed E-state index contributed by atoms with van der Waals surface area (Å²) >= 11 is 3.42. The third-order valence-corrected chi connectivity index (χ3v) is 3.37. The topological polar surface area (TPSA) is 40.5 Å². The van der Waals surface area contributed by atoms with Crippen LogP contribution in [0.1, 0.15) is 18.4 Å². The summed E-state index contributed by atoms with van der Waals surface area (Å²) in [6.45, 7) is 0.162. The van der Waals surface area contributed by atoms with E-state index in [1.165, 1.54) is 0 Å². The van der Waals surface area contributed by atoms with Crippen molar-refractivity contribution in [2.24, 2.45) is 0 Å². The summed E-state index contributed by atoms with van der Waals surface area (Å²) in [7, 11) is 0. The van der Waals surface area contributed by atoms with E-state index in [0.717, 1.165) is 22.9 Å². The van der Waals surface area contributed by atoms with Gasteiger partial charge in [0.05, 0.1) is 6.61 Å². The zero-order valence-electron chi connectivity index (χ0n) is 7.13. The number of hydrogen-bond donors (Lipinski definition) is 2. The lowest BCUT2D eigenvalue weighted by Crippen LogP contribution is -2.12. The highest BCUT2D eigenvalue weighted by molar-refractivity contribution is 9.10. The Morgan fingerprint density at radius 2 is 2.08 bits per heavy atom. The number of halogens is 1. The molecule has 2 nitrogen and oxygen atoms in total. The van der Waals surface area contributed by atoms with Crippen molar-refractivity contribution in [2.45, 2.75) is 18.3 Å². The van der Waals surface area contributed by atoms with E-state index in [-0.39, 0.29) is 17.8 Å². The quantitative estimate of drug-likeness (QED) is 0.835. The first-order chi connectivity index (χ1) is 6.18. The highest BCUT2D eigenvalue weighted by Gasteiger charge is 2.44. The number of aliphatic hydroxyl groups excluding tert-OH is 1. The zero-order chi connectivity index (χ0) is 9.47. The number of aromatic hydroxyl groups is 1. The lowest BCUT2D eigenvalue weighted by Gasteiger charge is -2.14. The highest BCUT2D eigenvalue weighted by atomic mass is 79.9. The molecule has 0 amide bonds. The molecule has 70 valence electrons. The van der Waals surface area contributed by atoms with Crippen molar-refractivity contribution in [1.29, 1.82) is 0 Å². The average Bonchev–Trinajstić information content (AvgIpc) is 2.90. The molecule has 1 fully saturated rings. The van der Waals surface area contributed by atoms with Crippen LogP contribution in [0.25, 0.3) is 0 Å². The number of benzene rings is 1. The minimum absolute atomic E-state index is 0.0857. The van der Waals surface area contributed by atoms with Gasteiger partial charge in [0.1, 0.15) is 5.75 Å². The smallest absolute Gasteiger partial charge is 0.115 e. The van der Waals surface area contributed by atoms with Crippen molar-refractivity contribution in [2.75, 3.05) is 6.61 Å². The first-order valence-corrected chi connectivity index (χ1v) is 5.07. The van der Waals surface area contributed by atoms with Crippen LogP contribution in [0.2, 0.25) is 0 Å². The Bertz CT molecular complexity index is 332. The molecule has 0 atom stereocenters. The van der Waals surface area contributed by atoms with E-state index in [0.29, 0.717) is 0 Å². The summed E-state index contributed by atoms with van der Waals surface area (Å²) < 4.78 is 0.969. The molecule has 1 aliphatic carbocycles. The normalized spacial score (nSPS) is 18.6. The standard InChI is InChI=1S/C10H11BrO2/c11-9-2-1-7(13)5-8(9)10(6-12)3-4-10/h1-2,5,12-13H,3-4,6H2. The highest BCUT2D eigenvalue weighted by Crippen LogP contribution is 2.50. The van der Waals surface area contributed by atoms with Gasteiger partial charge in [-0.15, -0.1) is 0 Å². The molecule has 2 rings (SSSR count). The Kier molecular flexibility index (Phi) is 2.08. The molecule has 0 heterocycles. The summed E-state index contributed by atoms with van der Waals surface area (Å²) in [5.74, 6) is 0.262. The first kappa shape index (κ1) is 9.03. The molecule has 0 spiro atoms. The van der Waals surface area contributed by atoms with E-state index in [1.54, 1.807) is 12.1 Å². The fourth-order valence-electron chi connectivity index (χ4n) is 1.58. The first-order valence-electron chi connectivity index (χ1n) is 4.28. The molecule has 0 bridgehead atoms. The third kappa shape index (κ3) is 1.46. The number of aliphatic hydroxyl groups is 1. The van der Waals surface area contributed by atoms with Crippen molar-refractivity contribution in [3.05, 3.63) is 28.2 Å². The lowest BCUT2D eigenvalue weighted by atomic mass is 9.97. The van der Waals surface area contributed by atoms with Gasteiger partial charge in [0, 0.05) is 9.89 Å². The van der Waals surface area contributed by atoms with E-state index in [2.05, 4.69) is 15.9 Å². The number of hydrogen-bond acceptors (Lipinski definition) is 2. The van der Waals surface area contributed by atoms with Crippen molar-refractivity contribution >= 4 is 15.9 Å². The summed E-state index contributed by atoms with van der Waals surface area (Å²) in [6.07, 6.45) is 2.01. The van der Waals surface area contributed by atoms with Crippen LogP contribution in [-0.2, 0) is 5.41 Å². The minimum atomic E-state index is -0.0857. The molecule has 1 saturated carbocycles. The van der Waals surface area contributed by atoms with Crippen LogP contribution in [0.4, 0.5) is 0 Å². The Hall–Kier alpha value is -0.540. The predicted octanol–water partition coefficient (Wildman–Crippen LogP) is 2.18. The fraction of sp³-hybridized carbons (Fsp3) is 0.400. The second kappa shape index (κ2) is 3.00. The molecule has 0 aliphatic heterocycles. The van der Waals surface area contributed by atoms with Crippen LogP contribution >= 0.6 is 15.9 Å². The van der Waals surface area contributed by atoms with Gasteiger partial charge in [-0.2, -0.15) is 0 Å². The van der Waals surface area contributed by atoms with Gasteiger partial charge in [-0.25, -0.2) is 0 Å². The van der Waals surface area contributed by atoms with Gasteiger partial charge in [0.25, 0.3) is 0 Å². The molecular formula is C10H11BrO2. The van der Waals surface area contributed by atoms with Crippen LogP contribution in [0.3, 0.4) is 0 Å². The number of phenolic OH excluding ortho intramolecular Hbond substituents is 1. The van der Waals surface area contributed by atoms with Crippen molar-refractivity contribution < 1.29 is 10.2 Å². The molecule has 0 unspecified atom stereocenters. The molecule has 2 N–H and O–H groups in total. The Balaban J connectivity index is 2.44. The van der Waals surface area contributed by atoms with Crippen LogP contribution in [0.5, 0.6) is 5.75 Å². The van der Waals surface area contributed by atoms with Gasteiger partial charge in [0.15, 0.2) is 0 Å². The number of phenols is 1. The molecule has 1 aromatic rings. The second-order valence-electron chi connectivity index (χ2n) is 3.60.